The molecule has 1 heterocycles. The number of alkyl halides is 3. The van der Waals surface area contributed by atoms with Crippen molar-refractivity contribution < 1.29 is 41.8 Å². The number of fused-ring (bicyclic) bond motifs is 1. The minimum absolute atomic E-state index is 0.0534. The van der Waals surface area contributed by atoms with E-state index in [4.69, 9.17) is 14.2 Å². The van der Waals surface area contributed by atoms with Gasteiger partial charge in [0.1, 0.15) is 0 Å². The molecule has 1 aliphatic rings. The van der Waals surface area contributed by atoms with Crippen molar-refractivity contribution in [3.05, 3.63) is 29.3 Å². The fraction of sp³-hybridized carbons (Fsp3) is 0.526. The van der Waals surface area contributed by atoms with Crippen LogP contribution in [0.5, 0.6) is 0 Å². The highest BCUT2D eigenvalue weighted by molar-refractivity contribution is 6.13. The van der Waals surface area contributed by atoms with E-state index in [1.807, 2.05) is 0 Å². The Balaban J connectivity index is 2.81. The Bertz CT molecular complexity index is 790. The molecule has 1 aromatic carbocycles. The molecule has 1 amide bonds. The van der Waals surface area contributed by atoms with Gasteiger partial charge in [0, 0.05) is 5.56 Å². The molecule has 7 nitrogen and oxygen atoms in total. The Morgan fingerprint density at radius 1 is 1.00 bits per heavy atom. The minimum atomic E-state index is -4.70. The lowest BCUT2D eigenvalue weighted by Gasteiger charge is -2.31. The summed E-state index contributed by atoms with van der Waals surface area (Å²) in [6.45, 7) is 5.71. The van der Waals surface area contributed by atoms with Gasteiger partial charge in [-0.2, -0.15) is 13.2 Å². The van der Waals surface area contributed by atoms with Crippen molar-refractivity contribution in [2.75, 3.05) is 24.7 Å². The lowest BCUT2D eigenvalue weighted by Crippen LogP contribution is -2.56. The number of ether oxygens (including phenoxy) is 3. The number of esters is 2. The summed E-state index contributed by atoms with van der Waals surface area (Å²) in [5.74, 6) is -2.03. The van der Waals surface area contributed by atoms with Crippen LogP contribution in [0.2, 0.25) is 0 Å². The van der Waals surface area contributed by atoms with Gasteiger partial charge in [-0.15, -0.1) is 0 Å². The zero-order chi connectivity index (χ0) is 22.0. The van der Waals surface area contributed by atoms with Gasteiger partial charge in [0.15, 0.2) is 0 Å². The summed E-state index contributed by atoms with van der Waals surface area (Å²) < 4.78 is 54.9. The Morgan fingerprint density at radius 2 is 1.52 bits per heavy atom. The number of hydrogen-bond acceptors (Lipinski definition) is 6. The largest absolute Gasteiger partial charge is 0.465 e. The fourth-order valence-electron chi connectivity index (χ4n) is 3.45. The lowest BCUT2D eigenvalue weighted by atomic mass is 9.76. The first-order valence-corrected chi connectivity index (χ1v) is 9.09. The summed E-state index contributed by atoms with van der Waals surface area (Å²) >= 11 is 0. The second kappa shape index (κ2) is 8.30. The van der Waals surface area contributed by atoms with Crippen LogP contribution in [0.4, 0.5) is 23.7 Å². The number of carbonyl (C=O) groups is 3. The Morgan fingerprint density at radius 3 is 1.97 bits per heavy atom. The molecule has 2 rings (SSSR count). The van der Waals surface area contributed by atoms with Gasteiger partial charge in [-0.25, -0.2) is 4.79 Å². The second-order valence-corrected chi connectivity index (χ2v) is 6.22. The molecular formula is C19H22F3NO6. The topological polar surface area (TPSA) is 82.1 Å². The predicted molar refractivity (Wildman–Crippen MR) is 95.4 cm³/mol. The predicted octanol–water partition coefficient (Wildman–Crippen LogP) is 3.43. The van der Waals surface area contributed by atoms with Crippen LogP contribution in [-0.4, -0.2) is 43.9 Å². The first-order valence-electron chi connectivity index (χ1n) is 9.09. The number of nitrogens with zero attached hydrogens (tertiary/aromatic N) is 1. The molecule has 0 fully saturated rings. The van der Waals surface area contributed by atoms with Gasteiger partial charge in [0.2, 0.25) is 5.41 Å². The van der Waals surface area contributed by atoms with E-state index in [0.29, 0.717) is 6.07 Å². The first-order chi connectivity index (χ1) is 13.6. The monoisotopic (exact) mass is 417 g/mol. The van der Waals surface area contributed by atoms with Gasteiger partial charge in [0.25, 0.3) is 0 Å². The standard InChI is InChI=1S/C19H22F3NO6/c1-5-27-15(24)18(16(25)28-6-2)11(4)23(17(26)29-7-3)14-10-12(19(20,21)22)8-9-13(14)18/h8-11H,5-7H2,1-4H3. The molecule has 1 aliphatic heterocycles. The minimum Gasteiger partial charge on any atom is -0.465 e. The van der Waals surface area contributed by atoms with Gasteiger partial charge < -0.3 is 14.2 Å². The third-order valence-electron chi connectivity index (χ3n) is 4.68. The highest BCUT2D eigenvalue weighted by atomic mass is 19.4. The maximum Gasteiger partial charge on any atom is 0.416 e. The maximum absolute atomic E-state index is 13.3. The van der Waals surface area contributed by atoms with Crippen molar-refractivity contribution in [2.24, 2.45) is 0 Å². The fourth-order valence-corrected chi connectivity index (χ4v) is 3.45. The molecule has 0 aromatic heterocycles. The molecular weight excluding hydrogens is 395 g/mol. The molecule has 1 unspecified atom stereocenters. The Hall–Kier alpha value is -2.78. The van der Waals surface area contributed by atoms with Crippen LogP contribution in [0.1, 0.15) is 38.8 Å². The number of hydrogen-bond donors (Lipinski definition) is 0. The molecule has 0 bridgehead atoms. The van der Waals surface area contributed by atoms with Gasteiger partial charge in [0.05, 0.1) is 37.1 Å². The van der Waals surface area contributed by atoms with E-state index >= 15 is 0 Å². The SMILES string of the molecule is CCOC(=O)N1c2cc(C(F)(F)F)ccc2C(C(=O)OCC)(C(=O)OCC)C1C. The zero-order valence-electron chi connectivity index (χ0n) is 16.5. The summed E-state index contributed by atoms with van der Waals surface area (Å²) in [6.07, 6.45) is -5.69. The summed E-state index contributed by atoms with van der Waals surface area (Å²) in [5.41, 5.74) is -3.55. The van der Waals surface area contributed by atoms with Gasteiger partial charge >= 0.3 is 24.2 Å². The van der Waals surface area contributed by atoms with E-state index in [2.05, 4.69) is 0 Å². The van der Waals surface area contributed by atoms with E-state index < -0.39 is 41.2 Å². The normalized spacial score (nSPS) is 17.5. The summed E-state index contributed by atoms with van der Waals surface area (Å²) in [6, 6.07) is 1.22. The lowest BCUT2D eigenvalue weighted by molar-refractivity contribution is -0.165. The number of anilines is 1. The Labute approximate surface area is 165 Å². The van der Waals surface area contributed by atoms with Crippen LogP contribution in [0, 0.1) is 0 Å². The van der Waals surface area contributed by atoms with Crippen LogP contribution in [0.15, 0.2) is 18.2 Å². The third kappa shape index (κ3) is 3.63. The number of rotatable bonds is 5. The molecule has 29 heavy (non-hydrogen) atoms. The molecule has 1 aromatic rings. The molecule has 10 heteroatoms. The summed E-state index contributed by atoms with van der Waals surface area (Å²) in [4.78, 5) is 39.3. The summed E-state index contributed by atoms with van der Waals surface area (Å²) in [5, 5.41) is 0. The maximum atomic E-state index is 13.3. The van der Waals surface area contributed by atoms with Crippen molar-refractivity contribution in [1.29, 1.82) is 0 Å². The number of carbonyl (C=O) groups excluding carboxylic acids is 3. The molecule has 0 saturated heterocycles. The highest BCUT2D eigenvalue weighted by Crippen LogP contribution is 2.49. The molecule has 0 saturated carbocycles. The molecule has 0 spiro atoms. The van der Waals surface area contributed by atoms with Crippen molar-refractivity contribution in [1.82, 2.24) is 0 Å². The molecule has 0 aliphatic carbocycles. The third-order valence-corrected chi connectivity index (χ3v) is 4.68. The molecule has 160 valence electrons. The zero-order valence-corrected chi connectivity index (χ0v) is 16.5. The van der Waals surface area contributed by atoms with Crippen molar-refractivity contribution in [2.45, 2.75) is 45.3 Å². The van der Waals surface area contributed by atoms with Crippen molar-refractivity contribution in [3.8, 4) is 0 Å². The van der Waals surface area contributed by atoms with Gasteiger partial charge in [-0.1, -0.05) is 6.07 Å². The molecule has 0 N–H and O–H groups in total. The van der Waals surface area contributed by atoms with E-state index in [9.17, 15) is 27.6 Å². The van der Waals surface area contributed by atoms with Crippen LogP contribution in [-0.2, 0) is 35.4 Å². The second-order valence-electron chi connectivity index (χ2n) is 6.22. The van der Waals surface area contributed by atoms with Crippen LogP contribution < -0.4 is 4.90 Å². The Kier molecular flexibility index (Phi) is 6.44. The smallest absolute Gasteiger partial charge is 0.416 e. The van der Waals surface area contributed by atoms with E-state index in [1.165, 1.54) is 27.7 Å². The van der Waals surface area contributed by atoms with Crippen LogP contribution in [0.3, 0.4) is 0 Å². The van der Waals surface area contributed by atoms with E-state index in [-0.39, 0.29) is 31.1 Å². The average Bonchev–Trinajstić information content (AvgIpc) is 2.90. The van der Waals surface area contributed by atoms with Crippen LogP contribution >= 0.6 is 0 Å². The van der Waals surface area contributed by atoms with Crippen molar-refractivity contribution in [3.63, 3.8) is 0 Å². The highest BCUT2D eigenvalue weighted by Gasteiger charge is 2.64. The molecule has 1 atom stereocenters. The first kappa shape index (κ1) is 22.5. The molecule has 0 radical (unpaired) electrons. The number of halogens is 3. The van der Waals surface area contributed by atoms with E-state index in [1.54, 1.807) is 0 Å². The quantitative estimate of drug-likeness (QED) is 0.415. The number of benzene rings is 1. The average molecular weight is 417 g/mol. The van der Waals surface area contributed by atoms with Gasteiger partial charge in [-0.05, 0) is 39.8 Å². The van der Waals surface area contributed by atoms with Gasteiger partial charge in [-0.3, -0.25) is 14.5 Å². The number of amides is 1. The van der Waals surface area contributed by atoms with Crippen LogP contribution in [0.25, 0.3) is 0 Å². The van der Waals surface area contributed by atoms with E-state index in [0.717, 1.165) is 17.0 Å². The van der Waals surface area contributed by atoms with Crippen molar-refractivity contribution >= 4 is 23.7 Å². The summed E-state index contributed by atoms with van der Waals surface area (Å²) in [7, 11) is 0.